The summed E-state index contributed by atoms with van der Waals surface area (Å²) in [4.78, 5) is 16.3. The van der Waals surface area contributed by atoms with Crippen molar-refractivity contribution in [3.05, 3.63) is 34.9 Å². The first kappa shape index (κ1) is 15.0. The van der Waals surface area contributed by atoms with Gasteiger partial charge in [0.15, 0.2) is 0 Å². The first-order valence-corrected chi connectivity index (χ1v) is 7.10. The van der Waals surface area contributed by atoms with E-state index in [-0.39, 0.29) is 0 Å². The summed E-state index contributed by atoms with van der Waals surface area (Å²) in [6, 6.07) is 6.06. The van der Waals surface area contributed by atoms with Gasteiger partial charge in [0, 0.05) is 26.2 Å². The molecule has 0 amide bonds. The highest BCUT2D eigenvalue weighted by molar-refractivity contribution is 5.81. The first-order valence-electron chi connectivity index (χ1n) is 7.10. The van der Waals surface area contributed by atoms with Crippen LogP contribution in [0.2, 0.25) is 0 Å². The van der Waals surface area contributed by atoms with Gasteiger partial charge in [0.1, 0.15) is 5.54 Å². The van der Waals surface area contributed by atoms with Crippen LogP contribution in [0.15, 0.2) is 18.2 Å². The van der Waals surface area contributed by atoms with Gasteiger partial charge in [0.05, 0.1) is 0 Å². The lowest BCUT2D eigenvalue weighted by molar-refractivity contribution is -0.152. The van der Waals surface area contributed by atoms with E-state index in [1.165, 1.54) is 0 Å². The summed E-state index contributed by atoms with van der Waals surface area (Å²) in [6.45, 7) is 9.23. The third-order valence-electron chi connectivity index (χ3n) is 4.47. The van der Waals surface area contributed by atoms with Gasteiger partial charge in [0.2, 0.25) is 0 Å². The summed E-state index contributed by atoms with van der Waals surface area (Å²) in [5.74, 6) is -0.768. The van der Waals surface area contributed by atoms with Crippen LogP contribution in [0.1, 0.15) is 23.6 Å². The van der Waals surface area contributed by atoms with Gasteiger partial charge in [-0.3, -0.25) is 4.90 Å². The third-order valence-corrected chi connectivity index (χ3v) is 4.47. The molecule has 0 spiro atoms. The van der Waals surface area contributed by atoms with E-state index in [4.69, 9.17) is 0 Å². The zero-order valence-electron chi connectivity index (χ0n) is 12.8. The summed E-state index contributed by atoms with van der Waals surface area (Å²) in [6.07, 6.45) is 0. The maximum atomic E-state index is 12.0. The van der Waals surface area contributed by atoms with Gasteiger partial charge in [0.25, 0.3) is 0 Å². The van der Waals surface area contributed by atoms with Crippen LogP contribution in [0.25, 0.3) is 0 Å². The number of hydrogen-bond donors (Lipinski definition) is 1. The molecule has 1 aliphatic heterocycles. The van der Waals surface area contributed by atoms with Gasteiger partial charge in [-0.2, -0.15) is 0 Å². The summed E-state index contributed by atoms with van der Waals surface area (Å²) < 4.78 is 0. The fourth-order valence-corrected chi connectivity index (χ4v) is 2.93. The highest BCUT2D eigenvalue weighted by atomic mass is 16.4. The predicted octanol–water partition coefficient (Wildman–Crippen LogP) is 1.85. The van der Waals surface area contributed by atoms with E-state index in [0.29, 0.717) is 0 Å². The summed E-state index contributed by atoms with van der Waals surface area (Å²) in [7, 11) is 2.08. The number of hydrogen-bond acceptors (Lipinski definition) is 3. The second-order valence-electron chi connectivity index (χ2n) is 5.99. The number of piperazine rings is 1. The van der Waals surface area contributed by atoms with Gasteiger partial charge >= 0.3 is 5.97 Å². The van der Waals surface area contributed by atoms with Crippen molar-refractivity contribution in [3.63, 3.8) is 0 Å². The van der Waals surface area contributed by atoms with Crippen molar-refractivity contribution < 1.29 is 9.90 Å². The molecular formula is C16H24N2O2. The van der Waals surface area contributed by atoms with Crippen LogP contribution in [-0.2, 0) is 10.3 Å². The van der Waals surface area contributed by atoms with Crippen LogP contribution in [-0.4, -0.2) is 54.1 Å². The average Bonchev–Trinajstić information content (AvgIpc) is 2.41. The van der Waals surface area contributed by atoms with E-state index in [0.717, 1.165) is 42.9 Å². The van der Waals surface area contributed by atoms with Crippen molar-refractivity contribution in [3.8, 4) is 0 Å². The maximum absolute atomic E-state index is 12.0. The Bertz CT molecular complexity index is 507. The first-order chi connectivity index (χ1) is 9.35. The molecule has 0 bridgehead atoms. The number of carbonyl (C=O) groups is 1. The van der Waals surface area contributed by atoms with Gasteiger partial charge in [-0.05, 0) is 38.9 Å². The molecule has 0 aromatic heterocycles. The standard InChI is InChI=1S/C16H24N2O2/c1-12-5-6-13(2)14(11-12)16(3,15(19)20)18-9-7-17(4)8-10-18/h5-6,11H,7-10H2,1-4H3,(H,19,20). The van der Waals surface area contributed by atoms with Crippen molar-refractivity contribution in [2.24, 2.45) is 0 Å². The zero-order chi connectivity index (χ0) is 14.9. The Hall–Kier alpha value is -1.39. The molecular weight excluding hydrogens is 252 g/mol. The fraction of sp³-hybridized carbons (Fsp3) is 0.562. The molecule has 1 saturated heterocycles. The zero-order valence-corrected chi connectivity index (χ0v) is 12.8. The number of carboxylic acids is 1. The van der Waals surface area contributed by atoms with E-state index in [9.17, 15) is 9.90 Å². The molecule has 0 radical (unpaired) electrons. The minimum atomic E-state index is -0.947. The van der Waals surface area contributed by atoms with Crippen molar-refractivity contribution in [2.75, 3.05) is 33.2 Å². The Morgan fingerprint density at radius 1 is 1.20 bits per heavy atom. The SMILES string of the molecule is Cc1ccc(C)c(C(C)(C(=O)O)N2CCN(C)CC2)c1. The second kappa shape index (κ2) is 5.54. The molecule has 0 saturated carbocycles. The van der Waals surface area contributed by atoms with E-state index in [2.05, 4.69) is 16.8 Å². The summed E-state index contributed by atoms with van der Waals surface area (Å²) >= 11 is 0. The maximum Gasteiger partial charge on any atom is 0.328 e. The number of rotatable bonds is 3. The molecule has 0 aliphatic carbocycles. The quantitative estimate of drug-likeness (QED) is 0.915. The van der Waals surface area contributed by atoms with E-state index in [1.54, 1.807) is 0 Å². The molecule has 1 atom stereocenters. The molecule has 1 heterocycles. The Labute approximate surface area is 121 Å². The van der Waals surface area contributed by atoms with Crippen LogP contribution >= 0.6 is 0 Å². The van der Waals surface area contributed by atoms with Crippen molar-refractivity contribution in [2.45, 2.75) is 26.3 Å². The van der Waals surface area contributed by atoms with Crippen LogP contribution in [0.5, 0.6) is 0 Å². The molecule has 4 nitrogen and oxygen atoms in total. The lowest BCUT2D eigenvalue weighted by atomic mass is 9.85. The summed E-state index contributed by atoms with van der Waals surface area (Å²) in [5.41, 5.74) is 2.11. The number of nitrogens with zero attached hydrogens (tertiary/aromatic N) is 2. The monoisotopic (exact) mass is 276 g/mol. The molecule has 4 heteroatoms. The van der Waals surface area contributed by atoms with Crippen LogP contribution in [0.4, 0.5) is 0 Å². The highest BCUT2D eigenvalue weighted by Gasteiger charge is 2.43. The number of carboxylic acid groups (broad SMARTS) is 1. The lowest BCUT2D eigenvalue weighted by Crippen LogP contribution is -2.57. The van der Waals surface area contributed by atoms with Crippen LogP contribution in [0, 0.1) is 13.8 Å². The van der Waals surface area contributed by atoms with Gasteiger partial charge in [-0.1, -0.05) is 23.8 Å². The lowest BCUT2D eigenvalue weighted by Gasteiger charge is -2.43. The van der Waals surface area contributed by atoms with Crippen molar-refractivity contribution >= 4 is 5.97 Å². The largest absolute Gasteiger partial charge is 0.480 e. The molecule has 1 fully saturated rings. The molecule has 2 rings (SSSR count). The van der Waals surface area contributed by atoms with E-state index in [1.807, 2.05) is 39.0 Å². The Morgan fingerprint density at radius 2 is 1.80 bits per heavy atom. The fourth-order valence-electron chi connectivity index (χ4n) is 2.93. The van der Waals surface area contributed by atoms with E-state index >= 15 is 0 Å². The van der Waals surface area contributed by atoms with E-state index < -0.39 is 11.5 Å². The molecule has 1 aromatic carbocycles. The molecule has 110 valence electrons. The molecule has 1 N–H and O–H groups in total. The number of aryl methyl sites for hydroxylation is 2. The molecule has 1 aromatic rings. The number of aliphatic carboxylic acids is 1. The predicted molar refractivity (Wildman–Crippen MR) is 80.0 cm³/mol. The smallest absolute Gasteiger partial charge is 0.328 e. The van der Waals surface area contributed by atoms with Crippen LogP contribution < -0.4 is 0 Å². The van der Waals surface area contributed by atoms with Gasteiger partial charge < -0.3 is 10.0 Å². The van der Waals surface area contributed by atoms with Gasteiger partial charge in [-0.15, -0.1) is 0 Å². The van der Waals surface area contributed by atoms with Crippen molar-refractivity contribution in [1.82, 2.24) is 9.80 Å². The second-order valence-corrected chi connectivity index (χ2v) is 5.99. The minimum absolute atomic E-state index is 0.768. The third kappa shape index (κ3) is 2.58. The molecule has 20 heavy (non-hydrogen) atoms. The Balaban J connectivity index is 2.44. The van der Waals surface area contributed by atoms with Crippen LogP contribution in [0.3, 0.4) is 0 Å². The molecule has 1 unspecified atom stereocenters. The minimum Gasteiger partial charge on any atom is -0.480 e. The molecule has 1 aliphatic rings. The van der Waals surface area contributed by atoms with Gasteiger partial charge in [-0.25, -0.2) is 4.79 Å². The topological polar surface area (TPSA) is 43.8 Å². The average molecular weight is 276 g/mol. The number of benzene rings is 1. The number of likely N-dealkylation sites (N-methyl/N-ethyl adjacent to an activating group) is 1. The van der Waals surface area contributed by atoms with Crippen molar-refractivity contribution in [1.29, 1.82) is 0 Å². The Kier molecular flexibility index (Phi) is 4.16. The highest BCUT2D eigenvalue weighted by Crippen LogP contribution is 2.32. The Morgan fingerprint density at radius 3 is 2.35 bits per heavy atom. The summed E-state index contributed by atoms with van der Waals surface area (Å²) in [5, 5.41) is 9.86. The normalized spacial score (nSPS) is 20.6.